The smallest absolute Gasteiger partial charge is 0.191 e. The van der Waals surface area contributed by atoms with Crippen molar-refractivity contribution >= 4 is 29.9 Å². The highest BCUT2D eigenvalue weighted by atomic mass is 127. The Morgan fingerprint density at radius 2 is 1.83 bits per heavy atom. The maximum Gasteiger partial charge on any atom is 0.191 e. The van der Waals surface area contributed by atoms with E-state index in [1.807, 2.05) is 0 Å². The average molecular weight is 441 g/mol. The van der Waals surface area contributed by atoms with Gasteiger partial charge in [-0.15, -0.1) is 24.0 Å². The molecular weight excluding hydrogens is 405 g/mol. The molecule has 0 unspecified atom stereocenters. The third-order valence-corrected chi connectivity index (χ3v) is 3.92. The van der Waals surface area contributed by atoms with Crippen LogP contribution in [-0.4, -0.2) is 52.0 Å². The number of hydrogen-bond donors (Lipinski definition) is 2. The van der Waals surface area contributed by atoms with Crippen molar-refractivity contribution in [2.75, 3.05) is 40.0 Å². The van der Waals surface area contributed by atoms with Crippen molar-refractivity contribution in [3.8, 4) is 0 Å². The number of nitrogens with one attached hydrogen (secondary N) is 2. The monoisotopic (exact) mass is 441 g/mol. The van der Waals surface area contributed by atoms with Crippen LogP contribution in [0.25, 0.3) is 0 Å². The molecule has 0 aromatic heterocycles. The summed E-state index contributed by atoms with van der Waals surface area (Å²) >= 11 is 0. The molecule has 1 aliphatic rings. The van der Waals surface area contributed by atoms with E-state index >= 15 is 0 Å². The fourth-order valence-electron chi connectivity index (χ4n) is 2.68. The second-order valence-electron chi connectivity index (χ2n) is 5.87. The number of nitrogens with zero attached hydrogens (tertiary/aromatic N) is 1. The van der Waals surface area contributed by atoms with E-state index in [0.717, 1.165) is 45.0 Å². The van der Waals surface area contributed by atoms with Gasteiger partial charge in [0.05, 0.1) is 12.7 Å². The maximum atomic E-state index is 5.94. The molecule has 0 aliphatic heterocycles. The normalized spacial score (nSPS) is 16.0. The minimum absolute atomic E-state index is 0. The van der Waals surface area contributed by atoms with E-state index in [1.54, 1.807) is 7.11 Å². The van der Waals surface area contributed by atoms with Crippen LogP contribution >= 0.6 is 24.0 Å². The first-order valence-corrected chi connectivity index (χ1v) is 8.99. The zero-order valence-electron chi connectivity index (χ0n) is 14.9. The lowest BCUT2D eigenvalue weighted by Crippen LogP contribution is -2.39. The van der Waals surface area contributed by atoms with E-state index < -0.39 is 0 Å². The molecule has 0 atom stereocenters. The first-order valence-electron chi connectivity index (χ1n) is 8.99. The Bertz CT molecular complexity index is 285. The molecule has 0 aromatic rings. The number of hydrogen-bond acceptors (Lipinski definition) is 3. The van der Waals surface area contributed by atoms with Crippen molar-refractivity contribution < 1.29 is 9.47 Å². The van der Waals surface area contributed by atoms with E-state index in [0.29, 0.717) is 12.7 Å². The summed E-state index contributed by atoms with van der Waals surface area (Å²) in [6.45, 7) is 6.23. The summed E-state index contributed by atoms with van der Waals surface area (Å²) in [5, 5.41) is 6.50. The second kappa shape index (κ2) is 16.8. The van der Waals surface area contributed by atoms with Crippen LogP contribution in [0.15, 0.2) is 4.99 Å². The Morgan fingerprint density at radius 3 is 2.52 bits per heavy atom. The number of halogens is 1. The van der Waals surface area contributed by atoms with Crippen LogP contribution in [-0.2, 0) is 9.47 Å². The molecule has 0 aromatic carbocycles. The molecule has 1 rings (SSSR count). The summed E-state index contributed by atoms with van der Waals surface area (Å²) in [5.74, 6) is 0.887. The van der Waals surface area contributed by atoms with Gasteiger partial charge in [0, 0.05) is 33.4 Å². The van der Waals surface area contributed by atoms with E-state index in [2.05, 4.69) is 22.5 Å². The quantitative estimate of drug-likeness (QED) is 0.224. The average Bonchev–Trinajstić information content (AvgIpc) is 2.55. The van der Waals surface area contributed by atoms with Crippen molar-refractivity contribution in [2.45, 2.75) is 64.4 Å². The van der Waals surface area contributed by atoms with Gasteiger partial charge in [-0.2, -0.15) is 0 Å². The van der Waals surface area contributed by atoms with E-state index in [4.69, 9.17) is 9.47 Å². The van der Waals surface area contributed by atoms with Crippen molar-refractivity contribution in [3.05, 3.63) is 0 Å². The predicted octanol–water partition coefficient (Wildman–Crippen LogP) is 3.33. The van der Waals surface area contributed by atoms with Crippen molar-refractivity contribution in [2.24, 2.45) is 4.99 Å². The number of methoxy groups -OCH3 is 1. The van der Waals surface area contributed by atoms with Gasteiger partial charge >= 0.3 is 0 Å². The maximum absolute atomic E-state index is 5.94. The summed E-state index contributed by atoms with van der Waals surface area (Å²) in [5.41, 5.74) is 0. The van der Waals surface area contributed by atoms with E-state index in [9.17, 15) is 0 Å². The molecule has 1 saturated carbocycles. The van der Waals surface area contributed by atoms with Crippen LogP contribution in [0, 0.1) is 0 Å². The summed E-state index contributed by atoms with van der Waals surface area (Å²) in [6.07, 6.45) is 10.6. The van der Waals surface area contributed by atoms with E-state index in [1.165, 1.54) is 38.5 Å². The number of unbranched alkanes of at least 4 members (excludes halogenated alkanes) is 2. The third kappa shape index (κ3) is 12.9. The van der Waals surface area contributed by atoms with E-state index in [-0.39, 0.29) is 24.0 Å². The largest absolute Gasteiger partial charge is 0.383 e. The third-order valence-electron chi connectivity index (χ3n) is 3.92. The van der Waals surface area contributed by atoms with Gasteiger partial charge in [-0.25, -0.2) is 0 Å². The molecule has 0 heterocycles. The summed E-state index contributed by atoms with van der Waals surface area (Å²) < 4.78 is 11.0. The minimum Gasteiger partial charge on any atom is -0.383 e. The molecule has 0 spiro atoms. The number of guanidine groups is 1. The van der Waals surface area contributed by atoms with Gasteiger partial charge in [-0.05, 0) is 39.0 Å². The molecular formula is C17H36IN3O2. The zero-order chi connectivity index (χ0) is 15.9. The Balaban J connectivity index is 0.00000484. The van der Waals surface area contributed by atoms with Gasteiger partial charge in [-0.1, -0.05) is 19.3 Å². The molecule has 1 aliphatic carbocycles. The fourth-order valence-corrected chi connectivity index (χ4v) is 2.68. The Kier molecular flexibility index (Phi) is 16.7. The van der Waals surface area contributed by atoms with Crippen molar-refractivity contribution in [1.82, 2.24) is 10.6 Å². The van der Waals surface area contributed by atoms with Gasteiger partial charge in [0.15, 0.2) is 5.96 Å². The lowest BCUT2D eigenvalue weighted by molar-refractivity contribution is 0.0264. The highest BCUT2D eigenvalue weighted by Gasteiger charge is 2.12. The SMILES string of the molecule is CCNC(=NCCCCCOC1CCCCC1)NCCOC.I. The lowest BCUT2D eigenvalue weighted by Gasteiger charge is -2.21. The molecule has 1 fully saturated rings. The Morgan fingerprint density at radius 1 is 1.04 bits per heavy atom. The number of ether oxygens (including phenoxy) is 2. The molecule has 2 N–H and O–H groups in total. The molecule has 0 saturated heterocycles. The summed E-state index contributed by atoms with van der Waals surface area (Å²) in [6, 6.07) is 0. The van der Waals surface area contributed by atoms with Crippen LogP contribution in [0.5, 0.6) is 0 Å². The summed E-state index contributed by atoms with van der Waals surface area (Å²) in [4.78, 5) is 4.57. The van der Waals surface area contributed by atoms with Crippen molar-refractivity contribution in [1.29, 1.82) is 0 Å². The summed E-state index contributed by atoms with van der Waals surface area (Å²) in [7, 11) is 1.71. The molecule has 138 valence electrons. The minimum atomic E-state index is 0. The molecule has 23 heavy (non-hydrogen) atoms. The Labute approximate surface area is 159 Å². The van der Waals surface area contributed by atoms with Crippen molar-refractivity contribution in [3.63, 3.8) is 0 Å². The lowest BCUT2D eigenvalue weighted by atomic mass is 9.98. The first kappa shape index (κ1) is 22.9. The van der Waals surface area contributed by atoms with Gasteiger partial charge in [-0.3, -0.25) is 4.99 Å². The molecule has 0 radical (unpaired) electrons. The van der Waals surface area contributed by atoms with Gasteiger partial charge in [0.2, 0.25) is 0 Å². The fraction of sp³-hybridized carbons (Fsp3) is 0.941. The molecule has 0 bridgehead atoms. The first-order chi connectivity index (χ1) is 10.9. The van der Waals surface area contributed by atoms with Crippen LogP contribution < -0.4 is 10.6 Å². The van der Waals surface area contributed by atoms with Crippen LogP contribution in [0.2, 0.25) is 0 Å². The van der Waals surface area contributed by atoms with Gasteiger partial charge < -0.3 is 20.1 Å². The highest BCUT2D eigenvalue weighted by molar-refractivity contribution is 14.0. The van der Waals surface area contributed by atoms with Gasteiger partial charge in [0.1, 0.15) is 0 Å². The molecule has 6 heteroatoms. The van der Waals surface area contributed by atoms with Crippen LogP contribution in [0.1, 0.15) is 58.3 Å². The number of rotatable bonds is 11. The predicted molar refractivity (Wildman–Crippen MR) is 108 cm³/mol. The van der Waals surface area contributed by atoms with Crippen LogP contribution in [0.3, 0.4) is 0 Å². The highest BCUT2D eigenvalue weighted by Crippen LogP contribution is 2.20. The standard InChI is InChI=1S/C17H35N3O2.HI/c1-3-18-17(20-13-15-21-2)19-12-8-5-9-14-22-16-10-6-4-7-11-16;/h16H,3-15H2,1-2H3,(H2,18,19,20);1H. The topological polar surface area (TPSA) is 54.9 Å². The number of aliphatic imine (C=N–C) groups is 1. The van der Waals surface area contributed by atoms with Crippen LogP contribution in [0.4, 0.5) is 0 Å². The molecule has 0 amide bonds. The zero-order valence-corrected chi connectivity index (χ0v) is 17.3. The van der Waals surface area contributed by atoms with Gasteiger partial charge in [0.25, 0.3) is 0 Å². The Hall–Kier alpha value is -0.0800. The molecule has 5 nitrogen and oxygen atoms in total. The second-order valence-corrected chi connectivity index (χ2v) is 5.87.